The van der Waals surface area contributed by atoms with E-state index in [2.05, 4.69) is 20.0 Å². The van der Waals surface area contributed by atoms with Gasteiger partial charge in [-0.05, 0) is 0 Å². The van der Waals surface area contributed by atoms with Crippen LogP contribution in [-0.2, 0) is 16.6 Å². The summed E-state index contributed by atoms with van der Waals surface area (Å²) in [6.45, 7) is -0.0179. The zero-order chi connectivity index (χ0) is 14.8. The van der Waals surface area contributed by atoms with Crippen molar-refractivity contribution in [3.8, 4) is 0 Å². The number of aromatic amines is 1. The van der Waals surface area contributed by atoms with Crippen LogP contribution < -0.4 is 10.0 Å². The number of sulfonamides is 1. The van der Waals surface area contributed by atoms with Crippen molar-refractivity contribution in [3.05, 3.63) is 34.4 Å². The molecule has 0 radical (unpaired) electrons. The normalized spacial score (nSPS) is 11.4. The summed E-state index contributed by atoms with van der Waals surface area (Å²) in [6, 6.07) is 1.03. The first-order chi connectivity index (χ1) is 9.44. The zero-order valence-corrected chi connectivity index (χ0v) is 11.9. The maximum Gasteiger partial charge on any atom is 0.304 e. The largest absolute Gasteiger partial charge is 0.374 e. The van der Waals surface area contributed by atoms with Crippen molar-refractivity contribution >= 4 is 32.0 Å². The molecule has 0 fully saturated rings. The molecule has 2 rings (SSSR count). The number of imidazole rings is 1. The van der Waals surface area contributed by atoms with Crippen LogP contribution in [0, 0.1) is 10.1 Å². The lowest BCUT2D eigenvalue weighted by Crippen LogP contribution is -2.22. The van der Waals surface area contributed by atoms with E-state index in [1.54, 1.807) is 6.20 Å². The SMILES string of the molecule is CNc1sc(S(=O)(=O)NCc2ncc[nH]2)cc1[N+](=O)[O-]. The first-order valence-electron chi connectivity index (χ1n) is 5.38. The van der Waals surface area contributed by atoms with Crippen LogP contribution in [0.3, 0.4) is 0 Å². The zero-order valence-electron chi connectivity index (χ0n) is 10.3. The summed E-state index contributed by atoms with van der Waals surface area (Å²) in [5.41, 5.74) is -0.268. The first-order valence-corrected chi connectivity index (χ1v) is 7.68. The summed E-state index contributed by atoms with van der Waals surface area (Å²) in [6.07, 6.45) is 3.07. The quantitative estimate of drug-likeness (QED) is 0.536. The van der Waals surface area contributed by atoms with Crippen LogP contribution in [0.4, 0.5) is 10.7 Å². The summed E-state index contributed by atoms with van der Waals surface area (Å²) in [5.74, 6) is 0.452. The Morgan fingerprint density at radius 3 is 2.80 bits per heavy atom. The van der Waals surface area contributed by atoms with E-state index in [0.717, 1.165) is 17.4 Å². The number of hydrogen-bond donors (Lipinski definition) is 3. The Balaban J connectivity index is 2.23. The summed E-state index contributed by atoms with van der Waals surface area (Å²) in [7, 11) is -2.33. The molecule has 0 saturated heterocycles. The molecule has 108 valence electrons. The molecule has 0 amide bonds. The molecule has 2 aromatic rings. The Morgan fingerprint density at radius 2 is 2.30 bits per heavy atom. The number of thiophene rings is 1. The molecule has 11 heteroatoms. The van der Waals surface area contributed by atoms with E-state index in [4.69, 9.17) is 0 Å². The number of aromatic nitrogens is 2. The molecule has 2 aromatic heterocycles. The number of nitrogens with zero attached hydrogens (tertiary/aromatic N) is 2. The average molecular weight is 317 g/mol. The highest BCUT2D eigenvalue weighted by Crippen LogP contribution is 2.36. The predicted octanol–water partition coefficient (Wildman–Crippen LogP) is 0.900. The molecule has 0 unspecified atom stereocenters. The summed E-state index contributed by atoms with van der Waals surface area (Å²) in [4.78, 5) is 16.8. The van der Waals surface area contributed by atoms with Crippen LogP contribution in [0.5, 0.6) is 0 Å². The van der Waals surface area contributed by atoms with Gasteiger partial charge in [0, 0.05) is 25.5 Å². The van der Waals surface area contributed by atoms with Crippen molar-refractivity contribution in [1.29, 1.82) is 0 Å². The molecule has 0 aromatic carbocycles. The minimum Gasteiger partial charge on any atom is -0.374 e. The van der Waals surface area contributed by atoms with Gasteiger partial charge in [-0.3, -0.25) is 10.1 Å². The third kappa shape index (κ3) is 2.95. The molecule has 9 nitrogen and oxygen atoms in total. The highest BCUT2D eigenvalue weighted by atomic mass is 32.2. The topological polar surface area (TPSA) is 130 Å². The van der Waals surface area contributed by atoms with E-state index in [1.807, 2.05) is 0 Å². The van der Waals surface area contributed by atoms with E-state index < -0.39 is 14.9 Å². The number of nitro groups is 1. The molecular weight excluding hydrogens is 306 g/mol. The van der Waals surface area contributed by atoms with Gasteiger partial charge in [0.2, 0.25) is 0 Å². The van der Waals surface area contributed by atoms with Gasteiger partial charge in [-0.2, -0.15) is 0 Å². The molecule has 0 saturated carbocycles. The highest BCUT2D eigenvalue weighted by Gasteiger charge is 2.25. The molecule has 0 spiro atoms. The van der Waals surface area contributed by atoms with Crippen molar-refractivity contribution in [2.75, 3.05) is 12.4 Å². The minimum absolute atomic E-state index is 0.0179. The second kappa shape index (κ2) is 5.56. The second-order valence-corrected chi connectivity index (χ2v) is 6.69. The van der Waals surface area contributed by atoms with Crippen molar-refractivity contribution in [2.45, 2.75) is 10.8 Å². The van der Waals surface area contributed by atoms with E-state index in [-0.39, 0.29) is 21.4 Å². The maximum atomic E-state index is 12.0. The number of nitrogens with one attached hydrogen (secondary N) is 3. The third-order valence-electron chi connectivity index (χ3n) is 2.36. The lowest BCUT2D eigenvalue weighted by molar-refractivity contribution is -0.383. The Bertz CT molecular complexity index is 707. The maximum absolute atomic E-state index is 12.0. The smallest absolute Gasteiger partial charge is 0.304 e. The highest BCUT2D eigenvalue weighted by molar-refractivity contribution is 7.91. The van der Waals surface area contributed by atoms with Gasteiger partial charge in [-0.15, -0.1) is 0 Å². The van der Waals surface area contributed by atoms with Gasteiger partial charge in [-0.1, -0.05) is 11.3 Å². The molecule has 20 heavy (non-hydrogen) atoms. The fraction of sp³-hybridized carbons (Fsp3) is 0.222. The van der Waals surface area contributed by atoms with Crippen molar-refractivity contribution in [2.24, 2.45) is 0 Å². The van der Waals surface area contributed by atoms with Crippen molar-refractivity contribution in [3.63, 3.8) is 0 Å². The van der Waals surface area contributed by atoms with Gasteiger partial charge in [0.1, 0.15) is 10.0 Å². The Kier molecular flexibility index (Phi) is 4.01. The average Bonchev–Trinajstić information content (AvgIpc) is 3.05. The minimum atomic E-state index is -3.82. The fourth-order valence-corrected chi connectivity index (χ4v) is 3.75. The lowest BCUT2D eigenvalue weighted by Gasteiger charge is -2.01. The van der Waals surface area contributed by atoms with Gasteiger partial charge < -0.3 is 10.3 Å². The fourth-order valence-electron chi connectivity index (χ4n) is 1.44. The molecule has 3 N–H and O–H groups in total. The standard InChI is InChI=1S/C9H11N5O4S2/c1-10-9-6(14(15)16)4-8(19-9)20(17,18)13-5-7-11-2-3-12-7/h2-4,10,13H,5H2,1H3,(H,11,12). The van der Waals surface area contributed by atoms with E-state index in [1.165, 1.54) is 13.2 Å². The molecule has 2 heterocycles. The summed E-state index contributed by atoms with van der Waals surface area (Å²) < 4.78 is 26.3. The van der Waals surface area contributed by atoms with Gasteiger partial charge in [0.05, 0.1) is 11.5 Å². The Hall–Kier alpha value is -1.98. The van der Waals surface area contributed by atoms with Gasteiger partial charge in [0.25, 0.3) is 10.0 Å². The Morgan fingerprint density at radius 1 is 1.55 bits per heavy atom. The number of rotatable bonds is 6. The van der Waals surface area contributed by atoms with Crippen LogP contribution in [0.25, 0.3) is 0 Å². The molecule has 0 atom stereocenters. The van der Waals surface area contributed by atoms with Crippen LogP contribution in [0.15, 0.2) is 22.7 Å². The number of hydrogen-bond acceptors (Lipinski definition) is 7. The van der Waals surface area contributed by atoms with Crippen LogP contribution in [-0.4, -0.2) is 30.4 Å². The third-order valence-corrected chi connectivity index (χ3v) is 5.38. The molecule has 0 bridgehead atoms. The van der Waals surface area contributed by atoms with Crippen LogP contribution in [0.1, 0.15) is 5.82 Å². The molecule has 0 aliphatic heterocycles. The van der Waals surface area contributed by atoms with Crippen LogP contribution in [0.2, 0.25) is 0 Å². The second-order valence-electron chi connectivity index (χ2n) is 3.65. The molecule has 0 aliphatic rings. The van der Waals surface area contributed by atoms with Gasteiger partial charge >= 0.3 is 5.69 Å². The van der Waals surface area contributed by atoms with Crippen molar-refractivity contribution < 1.29 is 13.3 Å². The first kappa shape index (κ1) is 14.4. The van der Waals surface area contributed by atoms with Crippen molar-refractivity contribution in [1.82, 2.24) is 14.7 Å². The molecular formula is C9H11N5O4S2. The number of anilines is 1. The molecule has 0 aliphatic carbocycles. The summed E-state index contributed by atoms with van der Waals surface area (Å²) >= 11 is 0.798. The predicted molar refractivity (Wildman–Crippen MR) is 73.1 cm³/mol. The van der Waals surface area contributed by atoms with E-state index in [9.17, 15) is 18.5 Å². The Labute approximate surface area is 118 Å². The monoisotopic (exact) mass is 317 g/mol. The van der Waals surface area contributed by atoms with Gasteiger partial charge in [-0.25, -0.2) is 18.1 Å². The van der Waals surface area contributed by atoms with Crippen LogP contribution >= 0.6 is 11.3 Å². The van der Waals surface area contributed by atoms with E-state index in [0.29, 0.717) is 5.82 Å². The number of H-pyrrole nitrogens is 1. The lowest BCUT2D eigenvalue weighted by atomic mass is 10.5. The van der Waals surface area contributed by atoms with Gasteiger partial charge in [0.15, 0.2) is 5.00 Å². The van der Waals surface area contributed by atoms with E-state index >= 15 is 0 Å². The summed E-state index contributed by atoms with van der Waals surface area (Å²) in [5, 5.41) is 13.6.